The van der Waals surface area contributed by atoms with Gasteiger partial charge in [0.2, 0.25) is 0 Å². The smallest absolute Gasteiger partial charge is 0.264 e. The Morgan fingerprint density at radius 2 is 1.63 bits per heavy atom. The number of aromatic nitrogens is 1. The highest BCUT2D eigenvalue weighted by Crippen LogP contribution is 2.33. The fraction of sp³-hybridized carbons (Fsp3) is 0.115. The molecule has 2 heterocycles. The van der Waals surface area contributed by atoms with Crippen LogP contribution in [0.5, 0.6) is 0 Å². The van der Waals surface area contributed by atoms with Crippen molar-refractivity contribution in [1.29, 1.82) is 0 Å². The summed E-state index contributed by atoms with van der Waals surface area (Å²) in [5.41, 5.74) is 3.27. The van der Waals surface area contributed by atoms with Gasteiger partial charge in [-0.05, 0) is 42.3 Å². The maximum atomic E-state index is 13.2. The molecule has 1 aliphatic rings. The van der Waals surface area contributed by atoms with E-state index < -0.39 is 15.9 Å². The molecule has 1 aromatic heterocycles. The van der Waals surface area contributed by atoms with Gasteiger partial charge >= 0.3 is 0 Å². The fourth-order valence-electron chi connectivity index (χ4n) is 4.04. The first-order valence-electron chi connectivity index (χ1n) is 10.9. The Hall–Kier alpha value is -3.82. The number of ketones is 1. The van der Waals surface area contributed by atoms with E-state index >= 15 is 0 Å². The lowest BCUT2D eigenvalue weighted by Crippen LogP contribution is -2.29. The number of Topliss-reactive ketones (excluding diaryl/α,β-unsaturated/α-hetero) is 1. The summed E-state index contributed by atoms with van der Waals surface area (Å²) < 4.78 is 27.8. The van der Waals surface area contributed by atoms with Crippen molar-refractivity contribution < 1.29 is 18.0 Å². The highest BCUT2D eigenvalue weighted by atomic mass is 32.2. The average Bonchev–Trinajstić information content (AvgIpc) is 3.50. The van der Waals surface area contributed by atoms with Gasteiger partial charge in [-0.3, -0.25) is 19.2 Å². The van der Waals surface area contributed by atoms with E-state index in [4.69, 9.17) is 0 Å². The molecule has 176 valence electrons. The molecule has 1 amide bonds. The minimum absolute atomic E-state index is 0.116. The number of anilines is 2. The summed E-state index contributed by atoms with van der Waals surface area (Å²) in [6.45, 7) is 1.85. The van der Waals surface area contributed by atoms with E-state index in [0.29, 0.717) is 34.4 Å². The van der Waals surface area contributed by atoms with Crippen LogP contribution in [0.25, 0.3) is 11.3 Å². The molecule has 7 nitrogen and oxygen atoms in total. The lowest BCUT2D eigenvalue weighted by atomic mass is 10.1. The molecule has 4 aromatic rings. The monoisotopic (exact) mass is 503 g/mol. The van der Waals surface area contributed by atoms with E-state index in [2.05, 4.69) is 10.3 Å². The van der Waals surface area contributed by atoms with Gasteiger partial charge in [0.05, 0.1) is 21.2 Å². The van der Waals surface area contributed by atoms with Gasteiger partial charge in [-0.1, -0.05) is 59.9 Å². The number of rotatable bonds is 6. The van der Waals surface area contributed by atoms with E-state index in [1.54, 1.807) is 6.07 Å². The van der Waals surface area contributed by atoms with Gasteiger partial charge in [0.15, 0.2) is 10.9 Å². The molecule has 0 radical (unpaired) electrons. The predicted molar refractivity (Wildman–Crippen MR) is 137 cm³/mol. The van der Waals surface area contributed by atoms with Crippen LogP contribution in [0, 0.1) is 0 Å². The molecule has 0 atom stereocenters. The molecular formula is C26H21N3O4S2. The Balaban J connectivity index is 1.36. The molecule has 0 saturated carbocycles. The van der Waals surface area contributed by atoms with Gasteiger partial charge in [-0.25, -0.2) is 13.4 Å². The molecule has 1 N–H and O–H groups in total. The largest absolute Gasteiger partial charge is 0.298 e. The third-order valence-corrected chi connectivity index (χ3v) is 8.66. The average molecular weight is 504 g/mol. The molecule has 35 heavy (non-hydrogen) atoms. The molecule has 0 saturated heterocycles. The van der Waals surface area contributed by atoms with Crippen LogP contribution in [0.1, 0.15) is 32.5 Å². The molecule has 0 unspecified atom stereocenters. The van der Waals surface area contributed by atoms with E-state index in [1.165, 1.54) is 35.5 Å². The first-order chi connectivity index (χ1) is 16.8. The van der Waals surface area contributed by atoms with Crippen molar-refractivity contribution in [3.63, 3.8) is 0 Å². The summed E-state index contributed by atoms with van der Waals surface area (Å²) in [5.74, 6) is -0.580. The number of nitrogens with one attached hydrogen (secondary N) is 1. The maximum absolute atomic E-state index is 13.2. The van der Waals surface area contributed by atoms with Crippen molar-refractivity contribution in [3.05, 3.63) is 94.9 Å². The summed E-state index contributed by atoms with van der Waals surface area (Å²) in [4.78, 5) is 30.0. The van der Waals surface area contributed by atoms with E-state index in [1.807, 2.05) is 48.5 Å². The standard InChI is InChI=1S/C26H21N3O4S2/c1-17(30)24-23(19-8-3-2-4-9-19)27-26(34-24)28-25(31)20-11-13-21(14-12-20)35(32,33)29-16-15-18-7-5-6-10-22(18)29/h2-14H,15-16H2,1H3,(H,27,28,31). The van der Waals surface area contributed by atoms with Crippen LogP contribution >= 0.6 is 11.3 Å². The third kappa shape index (κ3) is 4.36. The highest BCUT2D eigenvalue weighted by molar-refractivity contribution is 7.92. The van der Waals surface area contributed by atoms with Crippen LogP contribution in [0.15, 0.2) is 83.8 Å². The second-order valence-corrected chi connectivity index (χ2v) is 10.9. The van der Waals surface area contributed by atoms with Crippen molar-refractivity contribution in [2.24, 2.45) is 0 Å². The van der Waals surface area contributed by atoms with Crippen molar-refractivity contribution in [2.45, 2.75) is 18.2 Å². The molecule has 0 fully saturated rings. The summed E-state index contributed by atoms with van der Waals surface area (Å²) in [6, 6.07) is 22.5. The van der Waals surface area contributed by atoms with Crippen LogP contribution in [0.2, 0.25) is 0 Å². The first kappa shape index (κ1) is 22.9. The maximum Gasteiger partial charge on any atom is 0.264 e. The van der Waals surface area contributed by atoms with Gasteiger partial charge in [0.1, 0.15) is 0 Å². The summed E-state index contributed by atoms with van der Waals surface area (Å²) in [5, 5.41) is 3.02. The molecule has 1 aliphatic heterocycles. The van der Waals surface area contributed by atoms with Gasteiger partial charge < -0.3 is 0 Å². The Morgan fingerprint density at radius 3 is 2.34 bits per heavy atom. The molecule has 0 aliphatic carbocycles. The summed E-state index contributed by atoms with van der Waals surface area (Å²) in [7, 11) is -3.74. The number of amides is 1. The van der Waals surface area contributed by atoms with Crippen LogP contribution in [0.3, 0.4) is 0 Å². The van der Waals surface area contributed by atoms with Crippen molar-refractivity contribution in [2.75, 3.05) is 16.2 Å². The van der Waals surface area contributed by atoms with Crippen LogP contribution in [-0.4, -0.2) is 31.6 Å². The van der Waals surface area contributed by atoms with E-state index in [0.717, 1.165) is 22.5 Å². The number of nitrogens with zero attached hydrogens (tertiary/aromatic N) is 2. The number of carbonyl (C=O) groups excluding carboxylic acids is 2. The zero-order valence-electron chi connectivity index (χ0n) is 18.8. The minimum Gasteiger partial charge on any atom is -0.298 e. The third-order valence-electron chi connectivity index (χ3n) is 5.76. The zero-order valence-corrected chi connectivity index (χ0v) is 20.4. The number of hydrogen-bond donors (Lipinski definition) is 1. The Bertz CT molecular complexity index is 1530. The fourth-order valence-corrected chi connectivity index (χ4v) is 6.42. The quantitative estimate of drug-likeness (QED) is 0.373. The molecular weight excluding hydrogens is 482 g/mol. The normalized spacial score (nSPS) is 12.9. The Morgan fingerprint density at radius 1 is 0.943 bits per heavy atom. The van der Waals surface area contributed by atoms with E-state index in [-0.39, 0.29) is 16.2 Å². The SMILES string of the molecule is CC(=O)c1sc(NC(=O)c2ccc(S(=O)(=O)N3CCc4ccccc43)cc2)nc1-c1ccccc1. The first-order valence-corrected chi connectivity index (χ1v) is 13.2. The molecule has 0 bridgehead atoms. The number of benzene rings is 3. The number of carbonyl (C=O) groups is 2. The number of hydrogen-bond acceptors (Lipinski definition) is 6. The van der Waals surface area contributed by atoms with Gasteiger partial charge in [-0.2, -0.15) is 0 Å². The predicted octanol–water partition coefficient (Wildman–Crippen LogP) is 5.02. The Labute approximate surface area is 207 Å². The number of fused-ring (bicyclic) bond motifs is 1. The lowest BCUT2D eigenvalue weighted by molar-refractivity contribution is 0.101. The highest BCUT2D eigenvalue weighted by Gasteiger charge is 2.30. The molecule has 5 rings (SSSR count). The number of para-hydroxylation sites is 1. The van der Waals surface area contributed by atoms with E-state index in [9.17, 15) is 18.0 Å². The summed E-state index contributed by atoms with van der Waals surface area (Å²) in [6.07, 6.45) is 0.664. The Kier molecular flexibility index (Phi) is 5.96. The van der Waals surface area contributed by atoms with Gasteiger partial charge in [0.25, 0.3) is 15.9 Å². The van der Waals surface area contributed by atoms with Crippen LogP contribution < -0.4 is 9.62 Å². The molecule has 3 aromatic carbocycles. The number of sulfonamides is 1. The summed E-state index contributed by atoms with van der Waals surface area (Å²) >= 11 is 1.11. The number of thiazole rings is 1. The minimum atomic E-state index is -3.74. The van der Waals surface area contributed by atoms with Crippen molar-refractivity contribution >= 4 is 43.9 Å². The topological polar surface area (TPSA) is 96.4 Å². The molecule has 0 spiro atoms. The zero-order chi connectivity index (χ0) is 24.6. The van der Waals surface area contributed by atoms with Gasteiger partial charge in [0, 0.05) is 24.6 Å². The lowest BCUT2D eigenvalue weighted by Gasteiger charge is -2.19. The second kappa shape index (κ2) is 9.09. The van der Waals surface area contributed by atoms with Crippen LogP contribution in [0.4, 0.5) is 10.8 Å². The van der Waals surface area contributed by atoms with Crippen LogP contribution in [-0.2, 0) is 16.4 Å². The van der Waals surface area contributed by atoms with Crippen molar-refractivity contribution in [1.82, 2.24) is 4.98 Å². The second-order valence-electron chi connectivity index (χ2n) is 8.05. The van der Waals surface area contributed by atoms with Gasteiger partial charge in [-0.15, -0.1) is 0 Å². The molecule has 9 heteroatoms. The van der Waals surface area contributed by atoms with Crippen molar-refractivity contribution in [3.8, 4) is 11.3 Å².